The summed E-state index contributed by atoms with van der Waals surface area (Å²) in [5.41, 5.74) is 5.18. The van der Waals surface area contributed by atoms with Gasteiger partial charge in [0.25, 0.3) is 0 Å². The van der Waals surface area contributed by atoms with Crippen LogP contribution in [0.4, 0.5) is 0 Å². The Kier molecular flexibility index (Phi) is 4.77. The van der Waals surface area contributed by atoms with Gasteiger partial charge in [0, 0.05) is 26.2 Å². The van der Waals surface area contributed by atoms with Crippen LogP contribution < -0.4 is 0 Å². The van der Waals surface area contributed by atoms with Gasteiger partial charge < -0.3 is 4.90 Å². The van der Waals surface area contributed by atoms with Gasteiger partial charge in [-0.3, -0.25) is 9.69 Å². The summed E-state index contributed by atoms with van der Waals surface area (Å²) in [6.45, 7) is 7.73. The van der Waals surface area contributed by atoms with Crippen molar-refractivity contribution in [1.82, 2.24) is 9.80 Å². The van der Waals surface area contributed by atoms with E-state index < -0.39 is 0 Å². The topological polar surface area (TPSA) is 23.6 Å². The normalized spacial score (nSPS) is 13.8. The largest absolute Gasteiger partial charge is 0.342 e. The molecule has 1 aliphatic heterocycles. The van der Waals surface area contributed by atoms with Gasteiger partial charge >= 0.3 is 0 Å². The van der Waals surface area contributed by atoms with E-state index in [9.17, 15) is 4.79 Å². The van der Waals surface area contributed by atoms with E-state index in [0.29, 0.717) is 6.54 Å². The van der Waals surface area contributed by atoms with Crippen molar-refractivity contribution in [1.29, 1.82) is 0 Å². The minimum Gasteiger partial charge on any atom is -0.342 e. The van der Waals surface area contributed by atoms with Crippen molar-refractivity contribution in [2.24, 2.45) is 0 Å². The Morgan fingerprint density at radius 1 is 0.913 bits per heavy atom. The van der Waals surface area contributed by atoms with Crippen LogP contribution in [0.2, 0.25) is 0 Å². The lowest BCUT2D eigenvalue weighted by molar-refractivity contribution is -0.132. The Balaban J connectivity index is 1.91. The maximum absolute atomic E-state index is 12.5. The van der Waals surface area contributed by atoms with E-state index in [1.807, 2.05) is 18.7 Å². The number of carbonyl (C=O) groups is 1. The van der Waals surface area contributed by atoms with Crippen LogP contribution in [0.5, 0.6) is 0 Å². The third-order valence-corrected chi connectivity index (χ3v) is 4.59. The van der Waals surface area contributed by atoms with Crippen molar-refractivity contribution in [2.45, 2.75) is 26.9 Å². The second-order valence-corrected chi connectivity index (χ2v) is 6.03. The molecule has 2 aromatic rings. The molecule has 0 bridgehead atoms. The van der Waals surface area contributed by atoms with E-state index in [1.54, 1.807) is 0 Å². The number of likely N-dealkylation sites (N-methyl/N-ethyl adjacent to an activating group) is 1. The highest BCUT2D eigenvalue weighted by Crippen LogP contribution is 2.32. The summed E-state index contributed by atoms with van der Waals surface area (Å²) in [6.07, 6.45) is 0. The van der Waals surface area contributed by atoms with E-state index in [0.717, 1.165) is 26.2 Å². The van der Waals surface area contributed by atoms with Crippen molar-refractivity contribution in [3.8, 4) is 11.1 Å². The fourth-order valence-electron chi connectivity index (χ4n) is 3.36. The third kappa shape index (κ3) is 3.30. The summed E-state index contributed by atoms with van der Waals surface area (Å²) in [5.74, 6) is 0.215. The van der Waals surface area contributed by atoms with E-state index in [2.05, 4.69) is 53.4 Å². The van der Waals surface area contributed by atoms with Gasteiger partial charge in [0.05, 0.1) is 6.54 Å². The lowest BCUT2D eigenvalue weighted by atomic mass is 9.97. The maximum Gasteiger partial charge on any atom is 0.236 e. The van der Waals surface area contributed by atoms with Crippen LogP contribution in [0.15, 0.2) is 48.5 Å². The molecule has 1 heterocycles. The number of fused-ring (bicyclic) bond motifs is 3. The summed E-state index contributed by atoms with van der Waals surface area (Å²) in [4.78, 5) is 16.7. The zero-order valence-electron chi connectivity index (χ0n) is 14.0. The Morgan fingerprint density at radius 3 is 1.87 bits per heavy atom. The summed E-state index contributed by atoms with van der Waals surface area (Å²) >= 11 is 0. The third-order valence-electron chi connectivity index (χ3n) is 4.59. The van der Waals surface area contributed by atoms with Crippen LogP contribution in [-0.4, -0.2) is 35.3 Å². The number of benzene rings is 2. The van der Waals surface area contributed by atoms with Crippen molar-refractivity contribution < 1.29 is 4.79 Å². The summed E-state index contributed by atoms with van der Waals surface area (Å²) in [5, 5.41) is 0. The lowest BCUT2D eigenvalue weighted by Crippen LogP contribution is -2.39. The molecule has 0 N–H and O–H groups in total. The molecule has 0 saturated carbocycles. The van der Waals surface area contributed by atoms with E-state index in [1.165, 1.54) is 22.3 Å². The molecule has 0 spiro atoms. The average Bonchev–Trinajstić information content (AvgIpc) is 2.72. The molecule has 0 aromatic heterocycles. The van der Waals surface area contributed by atoms with Crippen LogP contribution in [-0.2, 0) is 17.9 Å². The predicted molar refractivity (Wildman–Crippen MR) is 93.9 cm³/mol. The second-order valence-electron chi connectivity index (χ2n) is 6.03. The first-order valence-corrected chi connectivity index (χ1v) is 8.39. The van der Waals surface area contributed by atoms with Gasteiger partial charge in [-0.05, 0) is 36.1 Å². The molecule has 1 amide bonds. The first-order valence-electron chi connectivity index (χ1n) is 8.39. The van der Waals surface area contributed by atoms with Gasteiger partial charge in [0.15, 0.2) is 0 Å². The van der Waals surface area contributed by atoms with Crippen molar-refractivity contribution in [3.05, 3.63) is 59.7 Å². The van der Waals surface area contributed by atoms with Crippen molar-refractivity contribution in [2.75, 3.05) is 19.6 Å². The molecular formula is C20H24N2O. The molecule has 120 valence electrons. The standard InChI is InChI=1S/C20H24N2O/c1-3-22(4-2)20(23)15-21-13-16-9-5-7-11-18(16)19-12-8-6-10-17(19)14-21/h5-12H,3-4,13-15H2,1-2H3. The van der Waals surface area contributed by atoms with Crippen LogP contribution in [0, 0.1) is 0 Å². The Labute approximate surface area is 138 Å². The maximum atomic E-state index is 12.5. The molecule has 1 aliphatic rings. The minimum absolute atomic E-state index is 0.215. The van der Waals surface area contributed by atoms with Gasteiger partial charge in [0.2, 0.25) is 5.91 Å². The molecule has 3 heteroatoms. The summed E-state index contributed by atoms with van der Waals surface area (Å²) < 4.78 is 0. The molecule has 0 fully saturated rings. The van der Waals surface area contributed by atoms with Gasteiger partial charge in [-0.15, -0.1) is 0 Å². The molecule has 23 heavy (non-hydrogen) atoms. The fraction of sp³-hybridized carbons (Fsp3) is 0.350. The molecule has 0 radical (unpaired) electrons. The van der Waals surface area contributed by atoms with E-state index in [-0.39, 0.29) is 5.91 Å². The molecule has 2 aromatic carbocycles. The molecule has 0 saturated heterocycles. The molecule has 3 nitrogen and oxygen atoms in total. The van der Waals surface area contributed by atoms with Gasteiger partial charge in [-0.2, -0.15) is 0 Å². The first-order chi connectivity index (χ1) is 11.2. The quantitative estimate of drug-likeness (QED) is 0.862. The fourth-order valence-corrected chi connectivity index (χ4v) is 3.36. The van der Waals surface area contributed by atoms with Crippen molar-refractivity contribution >= 4 is 5.91 Å². The zero-order chi connectivity index (χ0) is 16.2. The number of carbonyl (C=O) groups excluding carboxylic acids is 1. The first kappa shape index (κ1) is 15.8. The molecule has 0 atom stereocenters. The number of hydrogen-bond acceptors (Lipinski definition) is 2. The predicted octanol–water partition coefficient (Wildman–Crippen LogP) is 3.54. The highest BCUT2D eigenvalue weighted by Gasteiger charge is 2.21. The molecular weight excluding hydrogens is 284 g/mol. The molecule has 0 unspecified atom stereocenters. The Morgan fingerprint density at radius 2 is 1.39 bits per heavy atom. The van der Waals surface area contributed by atoms with Gasteiger partial charge in [0.1, 0.15) is 0 Å². The molecule has 0 aliphatic carbocycles. The Hall–Kier alpha value is -2.13. The minimum atomic E-state index is 0.215. The zero-order valence-corrected chi connectivity index (χ0v) is 14.0. The highest BCUT2D eigenvalue weighted by molar-refractivity contribution is 5.78. The smallest absolute Gasteiger partial charge is 0.236 e. The van der Waals surface area contributed by atoms with Crippen LogP contribution in [0.25, 0.3) is 11.1 Å². The number of nitrogens with zero attached hydrogens (tertiary/aromatic N) is 2. The Bertz CT molecular complexity index is 644. The lowest BCUT2D eigenvalue weighted by Gasteiger charge is -2.25. The SMILES string of the molecule is CCN(CC)C(=O)CN1Cc2ccccc2-c2ccccc2C1. The van der Waals surface area contributed by atoms with Gasteiger partial charge in [-0.1, -0.05) is 48.5 Å². The summed E-state index contributed by atoms with van der Waals surface area (Å²) in [6, 6.07) is 17.1. The van der Waals surface area contributed by atoms with Crippen LogP contribution >= 0.6 is 0 Å². The summed E-state index contributed by atoms with van der Waals surface area (Å²) in [7, 11) is 0. The van der Waals surface area contributed by atoms with Gasteiger partial charge in [-0.25, -0.2) is 0 Å². The van der Waals surface area contributed by atoms with E-state index >= 15 is 0 Å². The van der Waals surface area contributed by atoms with Crippen LogP contribution in [0.3, 0.4) is 0 Å². The van der Waals surface area contributed by atoms with Crippen LogP contribution in [0.1, 0.15) is 25.0 Å². The second kappa shape index (κ2) is 6.97. The van der Waals surface area contributed by atoms with Crippen molar-refractivity contribution in [3.63, 3.8) is 0 Å². The molecule has 3 rings (SSSR count). The number of hydrogen-bond donors (Lipinski definition) is 0. The average molecular weight is 308 g/mol. The van der Waals surface area contributed by atoms with E-state index in [4.69, 9.17) is 0 Å². The number of rotatable bonds is 4. The number of amides is 1. The highest BCUT2D eigenvalue weighted by atomic mass is 16.2. The monoisotopic (exact) mass is 308 g/mol.